The highest BCUT2D eigenvalue weighted by Crippen LogP contribution is 2.22. The van der Waals surface area contributed by atoms with Gasteiger partial charge in [-0.2, -0.15) is 10.2 Å². The van der Waals surface area contributed by atoms with Gasteiger partial charge in [-0.1, -0.05) is 18.7 Å². The summed E-state index contributed by atoms with van der Waals surface area (Å²) in [6, 6.07) is 18.7. The molecule has 0 aliphatic carbocycles. The maximum atomic E-state index is 13.2. The fourth-order valence-electron chi connectivity index (χ4n) is 4.52. The normalized spacial score (nSPS) is 13.6. The molecule has 39 heavy (non-hydrogen) atoms. The first-order valence-corrected chi connectivity index (χ1v) is 12.6. The van der Waals surface area contributed by atoms with Crippen LogP contribution in [0.2, 0.25) is 0 Å². The van der Waals surface area contributed by atoms with Crippen molar-refractivity contribution in [1.82, 2.24) is 19.4 Å². The lowest BCUT2D eigenvalue weighted by Gasteiger charge is -2.34. The van der Waals surface area contributed by atoms with E-state index in [1.807, 2.05) is 24.3 Å². The van der Waals surface area contributed by atoms with Gasteiger partial charge in [0, 0.05) is 54.8 Å². The van der Waals surface area contributed by atoms with Crippen LogP contribution in [0.25, 0.3) is 11.0 Å². The number of nitriles is 1. The third-order valence-corrected chi connectivity index (χ3v) is 6.66. The van der Waals surface area contributed by atoms with Crippen LogP contribution in [0.5, 0.6) is 0 Å². The molecule has 0 bridgehead atoms. The molecule has 0 saturated carbocycles. The van der Waals surface area contributed by atoms with E-state index in [9.17, 15) is 14.9 Å². The fraction of sp³-hybridized carbons (Fsp3) is 0.207. The van der Waals surface area contributed by atoms with Crippen LogP contribution in [0.1, 0.15) is 11.1 Å². The number of likely N-dealkylation sites (N-methyl/N-ethyl adjacent to an activating group) is 1. The average Bonchev–Trinajstić information content (AvgIpc) is 2.95. The average molecular weight is 521 g/mol. The second kappa shape index (κ2) is 11.2. The van der Waals surface area contributed by atoms with Gasteiger partial charge in [-0.3, -0.25) is 14.2 Å². The number of carbonyl (C=O) groups is 1. The number of benzene rings is 2. The van der Waals surface area contributed by atoms with Crippen molar-refractivity contribution in [2.45, 2.75) is 6.54 Å². The molecule has 2 aromatic heterocycles. The zero-order chi connectivity index (χ0) is 27.4. The van der Waals surface area contributed by atoms with Crippen LogP contribution in [-0.2, 0) is 11.3 Å². The van der Waals surface area contributed by atoms with E-state index in [0.29, 0.717) is 22.7 Å². The lowest BCUT2D eigenvalue weighted by molar-refractivity contribution is -0.111. The number of hydrogen-bond acceptors (Lipinski definition) is 8. The Kier molecular flexibility index (Phi) is 7.34. The highest BCUT2D eigenvalue weighted by Gasteiger charge is 2.15. The Morgan fingerprint density at radius 3 is 2.59 bits per heavy atom. The van der Waals surface area contributed by atoms with Crippen molar-refractivity contribution in [1.29, 1.82) is 5.26 Å². The molecule has 5 rings (SSSR count). The molecular formula is C29H28N8O2. The summed E-state index contributed by atoms with van der Waals surface area (Å²) in [6.07, 6.45) is 2.78. The van der Waals surface area contributed by atoms with Gasteiger partial charge in [-0.25, -0.2) is 4.98 Å². The van der Waals surface area contributed by atoms with Gasteiger partial charge in [0.25, 0.3) is 5.56 Å². The molecule has 1 aliphatic heterocycles. The zero-order valence-electron chi connectivity index (χ0n) is 21.6. The van der Waals surface area contributed by atoms with Gasteiger partial charge in [0.05, 0.1) is 6.54 Å². The summed E-state index contributed by atoms with van der Waals surface area (Å²) in [7, 11) is 2.13. The Balaban J connectivity index is 1.43. The first-order valence-electron chi connectivity index (χ1n) is 12.6. The Bertz CT molecular complexity index is 1630. The van der Waals surface area contributed by atoms with Crippen LogP contribution < -0.4 is 21.1 Å². The molecule has 0 radical (unpaired) electrons. The summed E-state index contributed by atoms with van der Waals surface area (Å²) in [4.78, 5) is 38.6. The quantitative estimate of drug-likeness (QED) is 0.356. The number of rotatable bonds is 7. The number of nitrogens with zero attached hydrogens (tertiary/aromatic N) is 6. The van der Waals surface area contributed by atoms with Crippen molar-refractivity contribution in [3.63, 3.8) is 0 Å². The van der Waals surface area contributed by atoms with Crippen molar-refractivity contribution in [3.05, 3.63) is 94.9 Å². The Hall–Kier alpha value is -5.01. The molecule has 0 spiro atoms. The number of hydrogen-bond donors (Lipinski definition) is 2. The third-order valence-electron chi connectivity index (χ3n) is 6.66. The Morgan fingerprint density at radius 1 is 1.10 bits per heavy atom. The van der Waals surface area contributed by atoms with Crippen LogP contribution >= 0.6 is 0 Å². The zero-order valence-corrected chi connectivity index (χ0v) is 21.6. The van der Waals surface area contributed by atoms with Crippen LogP contribution in [-0.4, -0.2) is 58.6 Å². The minimum Gasteiger partial charge on any atom is -0.369 e. The van der Waals surface area contributed by atoms with E-state index < -0.39 is 5.56 Å². The maximum absolute atomic E-state index is 13.2. The van der Waals surface area contributed by atoms with Crippen LogP contribution in [0.15, 0.2) is 78.2 Å². The van der Waals surface area contributed by atoms with Crippen molar-refractivity contribution in [2.24, 2.45) is 0 Å². The number of nitrogens with one attached hydrogen (secondary N) is 2. The lowest BCUT2D eigenvalue weighted by Crippen LogP contribution is -2.44. The van der Waals surface area contributed by atoms with E-state index in [2.05, 4.69) is 56.2 Å². The third kappa shape index (κ3) is 5.79. The lowest BCUT2D eigenvalue weighted by atomic mass is 10.1. The first kappa shape index (κ1) is 25.6. The molecule has 4 aromatic rings. The van der Waals surface area contributed by atoms with Crippen LogP contribution in [0, 0.1) is 11.3 Å². The maximum Gasteiger partial charge on any atom is 0.270 e. The highest BCUT2D eigenvalue weighted by atomic mass is 16.1. The number of anilines is 4. The molecule has 2 aromatic carbocycles. The molecule has 10 heteroatoms. The van der Waals surface area contributed by atoms with Gasteiger partial charge in [0.1, 0.15) is 17.3 Å². The van der Waals surface area contributed by atoms with Crippen molar-refractivity contribution in [3.8, 4) is 6.07 Å². The number of pyridine rings is 1. The molecule has 1 aliphatic rings. The molecular weight excluding hydrogens is 492 g/mol. The molecule has 1 amide bonds. The van der Waals surface area contributed by atoms with E-state index in [1.54, 1.807) is 24.4 Å². The monoisotopic (exact) mass is 520 g/mol. The predicted molar refractivity (Wildman–Crippen MR) is 152 cm³/mol. The van der Waals surface area contributed by atoms with Gasteiger partial charge >= 0.3 is 0 Å². The number of aromatic nitrogens is 3. The van der Waals surface area contributed by atoms with Crippen molar-refractivity contribution >= 4 is 40.0 Å². The highest BCUT2D eigenvalue weighted by molar-refractivity contribution is 5.98. The molecule has 10 nitrogen and oxygen atoms in total. The van der Waals surface area contributed by atoms with E-state index in [4.69, 9.17) is 0 Å². The topological polar surface area (TPSA) is 119 Å². The van der Waals surface area contributed by atoms with E-state index in [-0.39, 0.29) is 18.0 Å². The summed E-state index contributed by atoms with van der Waals surface area (Å²) in [5, 5.41) is 16.0. The molecule has 2 N–H and O–H groups in total. The van der Waals surface area contributed by atoms with Gasteiger partial charge < -0.3 is 20.4 Å². The predicted octanol–water partition coefficient (Wildman–Crippen LogP) is 3.33. The van der Waals surface area contributed by atoms with Gasteiger partial charge in [-0.05, 0) is 61.2 Å². The largest absolute Gasteiger partial charge is 0.369 e. The minimum atomic E-state index is -0.452. The minimum absolute atomic E-state index is 0.00224. The number of piperazine rings is 1. The van der Waals surface area contributed by atoms with Gasteiger partial charge in [0.15, 0.2) is 0 Å². The van der Waals surface area contributed by atoms with Gasteiger partial charge in [-0.15, -0.1) is 0 Å². The number of fused-ring (bicyclic) bond motifs is 1. The van der Waals surface area contributed by atoms with E-state index >= 15 is 0 Å². The summed E-state index contributed by atoms with van der Waals surface area (Å²) < 4.78 is 1.45. The molecule has 1 fully saturated rings. The van der Waals surface area contributed by atoms with E-state index in [1.165, 1.54) is 16.7 Å². The van der Waals surface area contributed by atoms with Crippen LogP contribution in [0.4, 0.5) is 23.0 Å². The standard InChI is InChI=1S/C29H28N8O2/c1-3-26(38)32-24-6-4-5-20(15-24)19-37-27-22(16-21(17-30)28(37)39)18-31-29(34-27)33-23-7-9-25(10-8-23)36-13-11-35(2)12-14-36/h3-10,15-16,18H,1,11-14,19H2,2H3,(H,32,38)(H,31,33,34). The van der Waals surface area contributed by atoms with Crippen molar-refractivity contribution < 1.29 is 4.79 Å². The SMILES string of the molecule is C=CC(=O)Nc1cccc(Cn2c(=O)c(C#N)cc3cnc(Nc4ccc(N5CCN(C)CC5)cc4)nc32)c1. The Labute approximate surface area is 225 Å². The summed E-state index contributed by atoms with van der Waals surface area (Å²) in [5.74, 6) is 0.000897. The van der Waals surface area contributed by atoms with Gasteiger partial charge in [0.2, 0.25) is 11.9 Å². The molecule has 196 valence electrons. The number of carbonyl (C=O) groups excluding carboxylic acids is 1. The molecule has 3 heterocycles. The summed E-state index contributed by atoms with van der Waals surface area (Å²) in [6.45, 7) is 7.67. The Morgan fingerprint density at radius 2 is 1.87 bits per heavy atom. The second-order valence-electron chi connectivity index (χ2n) is 9.39. The first-order chi connectivity index (χ1) is 18.9. The van der Waals surface area contributed by atoms with Crippen molar-refractivity contribution in [2.75, 3.05) is 48.8 Å². The van der Waals surface area contributed by atoms with E-state index in [0.717, 1.165) is 43.1 Å². The van der Waals surface area contributed by atoms with Crippen LogP contribution in [0.3, 0.4) is 0 Å². The molecule has 1 saturated heterocycles. The molecule has 0 unspecified atom stereocenters. The fourth-order valence-corrected chi connectivity index (χ4v) is 4.52. The number of amides is 1. The second-order valence-corrected chi connectivity index (χ2v) is 9.39. The molecule has 0 atom stereocenters. The summed E-state index contributed by atoms with van der Waals surface area (Å²) >= 11 is 0. The summed E-state index contributed by atoms with van der Waals surface area (Å²) in [5.41, 5.74) is 3.25. The smallest absolute Gasteiger partial charge is 0.270 e.